The summed E-state index contributed by atoms with van der Waals surface area (Å²) in [4.78, 5) is 38.8. The molecule has 4 rings (SSSR count). The summed E-state index contributed by atoms with van der Waals surface area (Å²) in [5.74, 6) is -2.49. The third kappa shape index (κ3) is 6.33. The number of nitrogens with zero attached hydrogens (tertiary/aromatic N) is 2. The van der Waals surface area contributed by atoms with E-state index in [2.05, 4.69) is 0 Å². The van der Waals surface area contributed by atoms with Crippen molar-refractivity contribution in [3.05, 3.63) is 74.8 Å². The molecule has 41 heavy (non-hydrogen) atoms. The molecule has 0 saturated carbocycles. The summed E-state index contributed by atoms with van der Waals surface area (Å²) in [6.45, 7) is 1.51. The summed E-state index contributed by atoms with van der Waals surface area (Å²) in [6, 6.07) is 8.83. The van der Waals surface area contributed by atoms with Gasteiger partial charge in [-0.05, 0) is 61.1 Å². The van der Waals surface area contributed by atoms with Crippen LogP contribution in [0.5, 0.6) is 0 Å². The number of hydrogen-bond acceptors (Lipinski definition) is 9. The summed E-state index contributed by atoms with van der Waals surface area (Å²) < 4.78 is 11.0. The summed E-state index contributed by atoms with van der Waals surface area (Å²) in [5.41, 5.74) is 2.07. The molecule has 1 aromatic carbocycles. The van der Waals surface area contributed by atoms with Crippen molar-refractivity contribution in [2.24, 2.45) is 17.8 Å². The Kier molecular flexibility index (Phi) is 9.87. The molecule has 11 nitrogen and oxygen atoms in total. The number of benzene rings is 1. The number of amides is 2. The van der Waals surface area contributed by atoms with Crippen molar-refractivity contribution in [1.29, 1.82) is 0 Å². The zero-order chi connectivity index (χ0) is 29.7. The lowest BCUT2D eigenvalue weighted by molar-refractivity contribution is -0.384. The van der Waals surface area contributed by atoms with Crippen LogP contribution in [0.15, 0.2) is 57.5 Å². The molecule has 1 aromatic heterocycles. The van der Waals surface area contributed by atoms with Crippen molar-refractivity contribution in [2.75, 3.05) is 25.2 Å². The Morgan fingerprint density at radius 2 is 2.00 bits per heavy atom. The number of rotatable bonds is 13. The summed E-state index contributed by atoms with van der Waals surface area (Å²) in [5, 5.41) is 42.5. The highest BCUT2D eigenvalue weighted by Gasteiger charge is 2.55. The molecule has 2 amide bonds. The van der Waals surface area contributed by atoms with E-state index >= 15 is 0 Å². The van der Waals surface area contributed by atoms with Gasteiger partial charge in [-0.15, -0.1) is 0 Å². The van der Waals surface area contributed by atoms with Gasteiger partial charge in [-0.3, -0.25) is 19.7 Å². The number of furan rings is 1. The fourth-order valence-electron chi connectivity index (χ4n) is 6.09. The molecule has 1 saturated heterocycles. The van der Waals surface area contributed by atoms with Crippen molar-refractivity contribution in [3.8, 4) is 0 Å². The maximum absolute atomic E-state index is 13.7. The number of aliphatic hydroxyl groups is 3. The van der Waals surface area contributed by atoms with Crippen LogP contribution in [-0.2, 0) is 20.9 Å². The molecule has 220 valence electrons. The Balaban J connectivity index is 1.61. The highest BCUT2D eigenvalue weighted by molar-refractivity contribution is 6.22. The van der Waals surface area contributed by atoms with Gasteiger partial charge in [0.1, 0.15) is 18.1 Å². The van der Waals surface area contributed by atoms with E-state index < -0.39 is 47.2 Å². The van der Waals surface area contributed by atoms with Gasteiger partial charge in [0.15, 0.2) is 0 Å². The van der Waals surface area contributed by atoms with E-state index in [0.717, 1.165) is 23.3 Å². The van der Waals surface area contributed by atoms with E-state index in [1.165, 1.54) is 31.4 Å². The molecule has 2 aliphatic rings. The smallest absolute Gasteiger partial charge is 0.271 e. The maximum Gasteiger partial charge on any atom is 0.271 e. The molecule has 1 fully saturated rings. The van der Waals surface area contributed by atoms with Crippen molar-refractivity contribution < 1.29 is 39.0 Å². The Morgan fingerprint density at radius 3 is 2.63 bits per heavy atom. The molecule has 11 heteroatoms. The first kappa shape index (κ1) is 30.3. The molecule has 0 bridgehead atoms. The monoisotopic (exact) mass is 568 g/mol. The van der Waals surface area contributed by atoms with E-state index in [0.29, 0.717) is 35.5 Å². The largest absolute Gasteiger partial charge is 0.459 e. The minimum Gasteiger partial charge on any atom is -0.459 e. The average Bonchev–Trinajstić information content (AvgIpc) is 3.52. The fraction of sp³-hybridized carbons (Fsp3) is 0.467. The Labute approximate surface area is 237 Å². The first-order valence-electron chi connectivity index (χ1n) is 13.7. The number of nitro groups is 1. The third-order valence-corrected chi connectivity index (χ3v) is 7.85. The van der Waals surface area contributed by atoms with Crippen LogP contribution in [-0.4, -0.2) is 58.5 Å². The number of aliphatic hydroxyl groups excluding tert-OH is 3. The second-order valence-corrected chi connectivity index (χ2v) is 10.5. The SMILES string of the molecule is CCC/C(=C\c1ccc(CO)o1)CC[C@@H](O)C1=C(COC)C[C@H]2C(=O)N(c3cccc([N+](=O)[O-])c3)C(=O)[C@H]2[C@H]1CO. The maximum atomic E-state index is 13.7. The molecule has 4 atom stereocenters. The van der Waals surface area contributed by atoms with Gasteiger partial charge in [-0.1, -0.05) is 25.0 Å². The molecule has 2 aromatic rings. The second-order valence-electron chi connectivity index (χ2n) is 10.5. The number of fused-ring (bicyclic) bond motifs is 1. The Hall–Kier alpha value is -3.64. The standard InChI is InChI=1S/C30H36N2O9/c1-3-5-18(12-22-9-10-23(15-33)41-22)8-11-26(35)27-19(17-40-2)13-24-28(25(27)16-34)30(37)31(29(24)36)20-6-4-7-21(14-20)32(38)39/h4,6-7,9-10,12,14,24-26,28,33-35H,3,5,8,11,13,15-17H2,1-2H3/b18-12+/t24-,25+,26-,28-/m1/s1. The van der Waals surface area contributed by atoms with Crippen molar-refractivity contribution in [2.45, 2.75) is 51.7 Å². The number of nitro benzene ring substituents is 1. The van der Waals surface area contributed by atoms with E-state index in [4.69, 9.17) is 9.15 Å². The topological polar surface area (TPSA) is 164 Å². The van der Waals surface area contributed by atoms with Crippen LogP contribution in [0.25, 0.3) is 6.08 Å². The lowest BCUT2D eigenvalue weighted by atomic mass is 9.68. The van der Waals surface area contributed by atoms with Crippen LogP contribution in [0.4, 0.5) is 11.4 Å². The third-order valence-electron chi connectivity index (χ3n) is 7.85. The van der Waals surface area contributed by atoms with E-state index in [-0.39, 0.29) is 31.0 Å². The van der Waals surface area contributed by atoms with Crippen LogP contribution in [0.2, 0.25) is 0 Å². The summed E-state index contributed by atoms with van der Waals surface area (Å²) >= 11 is 0. The van der Waals surface area contributed by atoms with Gasteiger partial charge in [0.2, 0.25) is 11.8 Å². The Bertz CT molecular complexity index is 1340. The first-order valence-corrected chi connectivity index (χ1v) is 13.7. The Morgan fingerprint density at radius 1 is 1.22 bits per heavy atom. The number of allylic oxidation sites excluding steroid dienone is 1. The van der Waals surface area contributed by atoms with Gasteiger partial charge in [-0.2, -0.15) is 0 Å². The van der Waals surface area contributed by atoms with Crippen LogP contribution in [0.1, 0.15) is 50.5 Å². The molecule has 1 aliphatic carbocycles. The fourth-order valence-corrected chi connectivity index (χ4v) is 6.09. The number of ether oxygens (including phenoxy) is 1. The highest BCUT2D eigenvalue weighted by Crippen LogP contribution is 2.47. The van der Waals surface area contributed by atoms with Crippen molar-refractivity contribution in [1.82, 2.24) is 0 Å². The van der Waals surface area contributed by atoms with Gasteiger partial charge in [0, 0.05) is 25.2 Å². The molecular formula is C30H36N2O9. The molecule has 2 heterocycles. The average molecular weight is 569 g/mol. The van der Waals surface area contributed by atoms with E-state index in [1.807, 2.05) is 13.0 Å². The number of hydrogen-bond donors (Lipinski definition) is 3. The molecule has 3 N–H and O–H groups in total. The van der Waals surface area contributed by atoms with Crippen LogP contribution < -0.4 is 4.90 Å². The predicted molar refractivity (Wildman–Crippen MR) is 149 cm³/mol. The molecule has 0 radical (unpaired) electrons. The van der Waals surface area contributed by atoms with E-state index in [9.17, 15) is 35.0 Å². The lowest BCUT2D eigenvalue weighted by Gasteiger charge is -2.36. The lowest BCUT2D eigenvalue weighted by Crippen LogP contribution is -2.39. The number of carbonyl (C=O) groups is 2. The molecule has 0 spiro atoms. The number of carbonyl (C=O) groups excluding carboxylic acids is 2. The van der Waals surface area contributed by atoms with E-state index in [1.54, 1.807) is 12.1 Å². The van der Waals surface area contributed by atoms with Gasteiger partial charge < -0.3 is 24.5 Å². The van der Waals surface area contributed by atoms with Gasteiger partial charge >= 0.3 is 0 Å². The number of methoxy groups -OCH3 is 1. The highest BCUT2D eigenvalue weighted by atomic mass is 16.6. The van der Waals surface area contributed by atoms with Crippen LogP contribution in [0.3, 0.4) is 0 Å². The molecule has 1 aliphatic heterocycles. The summed E-state index contributed by atoms with van der Waals surface area (Å²) in [7, 11) is 1.50. The first-order chi connectivity index (χ1) is 19.7. The quantitative estimate of drug-likeness (QED) is 0.141. The zero-order valence-electron chi connectivity index (χ0n) is 23.2. The summed E-state index contributed by atoms with van der Waals surface area (Å²) in [6.07, 6.45) is 3.55. The minimum atomic E-state index is -1.00. The van der Waals surface area contributed by atoms with Crippen molar-refractivity contribution in [3.63, 3.8) is 0 Å². The molecule has 0 unspecified atom stereocenters. The minimum absolute atomic E-state index is 0.104. The van der Waals surface area contributed by atoms with Gasteiger partial charge in [0.05, 0.1) is 41.8 Å². The van der Waals surface area contributed by atoms with Gasteiger partial charge in [-0.25, -0.2) is 4.90 Å². The predicted octanol–water partition coefficient (Wildman–Crippen LogP) is 3.77. The zero-order valence-corrected chi connectivity index (χ0v) is 23.2. The number of non-ortho nitro benzene ring substituents is 1. The van der Waals surface area contributed by atoms with Crippen LogP contribution >= 0.6 is 0 Å². The second kappa shape index (κ2) is 13.3. The molecular weight excluding hydrogens is 532 g/mol. The van der Waals surface area contributed by atoms with Crippen LogP contribution in [0, 0.1) is 27.9 Å². The normalized spacial score (nSPS) is 21.9. The number of anilines is 1. The van der Waals surface area contributed by atoms with Crippen molar-refractivity contribution >= 4 is 29.3 Å². The van der Waals surface area contributed by atoms with Gasteiger partial charge in [0.25, 0.3) is 5.69 Å². The number of imide groups is 1.